The van der Waals surface area contributed by atoms with E-state index in [0.29, 0.717) is 23.1 Å². The Kier molecular flexibility index (Phi) is 6.24. The monoisotopic (exact) mass is 370 g/mol. The Balaban J connectivity index is 1.64. The molecule has 1 N–H and O–H groups in total. The van der Waals surface area contributed by atoms with Crippen LogP contribution in [0.2, 0.25) is 0 Å². The molecule has 3 rings (SSSR count). The highest BCUT2D eigenvalue weighted by molar-refractivity contribution is 5.94. The van der Waals surface area contributed by atoms with E-state index >= 15 is 0 Å². The van der Waals surface area contributed by atoms with Crippen molar-refractivity contribution in [3.8, 4) is 23.1 Å². The van der Waals surface area contributed by atoms with E-state index in [9.17, 15) is 4.79 Å². The van der Waals surface area contributed by atoms with Gasteiger partial charge in [-0.25, -0.2) is 0 Å². The topological polar surface area (TPSA) is 76.6 Å². The number of rotatable bonds is 7. The zero-order valence-corrected chi connectivity index (χ0v) is 16.1. The third-order valence-corrected chi connectivity index (χ3v) is 4.89. The summed E-state index contributed by atoms with van der Waals surface area (Å²) in [5.74, 6) is 0.917. The highest BCUT2D eigenvalue weighted by Gasteiger charge is 2.21. The Morgan fingerprint density at radius 2 is 2.00 bits per heavy atom. The van der Waals surface area contributed by atoms with E-state index in [-0.39, 0.29) is 11.9 Å². The van der Waals surface area contributed by atoms with Crippen molar-refractivity contribution in [2.75, 3.05) is 40.4 Å². The first-order chi connectivity index (χ1) is 13.1. The van der Waals surface area contributed by atoms with Crippen LogP contribution in [0, 0.1) is 5.92 Å². The zero-order chi connectivity index (χ0) is 19.2. The molecule has 0 bridgehead atoms. The van der Waals surface area contributed by atoms with Crippen molar-refractivity contribution < 1.29 is 14.3 Å². The van der Waals surface area contributed by atoms with Crippen molar-refractivity contribution in [2.45, 2.75) is 13.3 Å². The number of nitrogens with one attached hydrogen (secondary N) is 1. The number of likely N-dealkylation sites (tertiary alicyclic amines) is 1. The fraction of sp³-hybridized carbons (Fsp3) is 0.450. The molecule has 0 saturated carbocycles. The fourth-order valence-corrected chi connectivity index (χ4v) is 3.25. The predicted molar refractivity (Wildman–Crippen MR) is 103 cm³/mol. The normalized spacial score (nSPS) is 16.9. The van der Waals surface area contributed by atoms with Crippen LogP contribution in [0.25, 0.3) is 11.3 Å². The number of benzene rings is 1. The Labute approximate surface area is 159 Å². The maximum absolute atomic E-state index is 12.4. The van der Waals surface area contributed by atoms with Crippen LogP contribution in [0.1, 0.15) is 23.7 Å². The van der Waals surface area contributed by atoms with E-state index in [1.54, 1.807) is 25.3 Å². The van der Waals surface area contributed by atoms with Gasteiger partial charge < -0.3 is 19.7 Å². The molecule has 0 spiro atoms. The second-order valence-corrected chi connectivity index (χ2v) is 6.62. The fourth-order valence-electron chi connectivity index (χ4n) is 3.25. The Morgan fingerprint density at radius 1 is 1.22 bits per heavy atom. The Morgan fingerprint density at radius 3 is 2.63 bits per heavy atom. The van der Waals surface area contributed by atoms with Gasteiger partial charge in [-0.15, -0.1) is 0 Å². The maximum atomic E-state index is 12.4. The number of ether oxygens (including phenoxy) is 2. The lowest BCUT2D eigenvalue weighted by Gasteiger charge is -2.14. The molecule has 1 aromatic carbocycles. The summed E-state index contributed by atoms with van der Waals surface area (Å²) in [5, 5.41) is 3.05. The number of carbonyl (C=O) groups is 1. The molecule has 7 nitrogen and oxygen atoms in total. The number of hydrogen-bond donors (Lipinski definition) is 1. The van der Waals surface area contributed by atoms with Gasteiger partial charge in [0, 0.05) is 30.3 Å². The molecular formula is C20H26N4O3. The van der Waals surface area contributed by atoms with E-state index in [1.807, 2.05) is 12.1 Å². The van der Waals surface area contributed by atoms with Gasteiger partial charge in [0.1, 0.15) is 0 Å². The van der Waals surface area contributed by atoms with Crippen molar-refractivity contribution in [1.29, 1.82) is 0 Å². The highest BCUT2D eigenvalue weighted by Crippen LogP contribution is 2.23. The van der Waals surface area contributed by atoms with Crippen LogP contribution in [0.5, 0.6) is 11.9 Å². The SMILES string of the molecule is CCN1CC[C@H](CNC(=O)c2ccc(-c3cc(OC)nc(OC)n3)cc2)C1. The molecule has 1 aromatic heterocycles. The molecule has 27 heavy (non-hydrogen) atoms. The van der Waals surface area contributed by atoms with E-state index in [2.05, 4.69) is 27.1 Å². The molecule has 1 aliphatic heterocycles. The third-order valence-electron chi connectivity index (χ3n) is 4.89. The van der Waals surface area contributed by atoms with Crippen molar-refractivity contribution in [3.63, 3.8) is 0 Å². The number of nitrogens with zero attached hydrogens (tertiary/aromatic N) is 3. The molecule has 144 valence electrons. The van der Waals surface area contributed by atoms with Gasteiger partial charge in [-0.1, -0.05) is 19.1 Å². The first kappa shape index (κ1) is 19.1. The molecule has 1 aliphatic rings. The van der Waals surface area contributed by atoms with Crippen LogP contribution in [0.3, 0.4) is 0 Å². The zero-order valence-electron chi connectivity index (χ0n) is 16.1. The molecule has 1 fully saturated rings. The lowest BCUT2D eigenvalue weighted by atomic mass is 10.1. The quantitative estimate of drug-likeness (QED) is 0.805. The molecule has 1 amide bonds. The number of methoxy groups -OCH3 is 2. The van der Waals surface area contributed by atoms with Gasteiger partial charge in [-0.2, -0.15) is 9.97 Å². The number of aromatic nitrogens is 2. The number of carbonyl (C=O) groups excluding carboxylic acids is 1. The summed E-state index contributed by atoms with van der Waals surface area (Å²) in [5.41, 5.74) is 2.17. The van der Waals surface area contributed by atoms with Crippen LogP contribution in [-0.4, -0.2) is 61.2 Å². The lowest BCUT2D eigenvalue weighted by molar-refractivity contribution is 0.0947. The second kappa shape index (κ2) is 8.81. The average molecular weight is 370 g/mol. The first-order valence-electron chi connectivity index (χ1n) is 9.21. The van der Waals surface area contributed by atoms with Gasteiger partial charge >= 0.3 is 6.01 Å². The van der Waals surface area contributed by atoms with Crippen LogP contribution in [-0.2, 0) is 0 Å². The summed E-state index contributed by atoms with van der Waals surface area (Å²) in [7, 11) is 3.05. The van der Waals surface area contributed by atoms with Gasteiger partial charge in [0.05, 0.1) is 19.9 Å². The molecule has 0 aliphatic carbocycles. The van der Waals surface area contributed by atoms with E-state index in [0.717, 1.165) is 38.2 Å². The van der Waals surface area contributed by atoms with Crippen molar-refractivity contribution in [1.82, 2.24) is 20.2 Å². The van der Waals surface area contributed by atoms with E-state index in [4.69, 9.17) is 9.47 Å². The van der Waals surface area contributed by atoms with Gasteiger partial charge in [-0.05, 0) is 37.6 Å². The average Bonchev–Trinajstić information content (AvgIpc) is 3.19. The Hall–Kier alpha value is -2.67. The number of amides is 1. The van der Waals surface area contributed by atoms with E-state index < -0.39 is 0 Å². The van der Waals surface area contributed by atoms with Crippen LogP contribution < -0.4 is 14.8 Å². The van der Waals surface area contributed by atoms with Crippen molar-refractivity contribution >= 4 is 5.91 Å². The standard InChI is InChI=1S/C20H26N4O3/c1-4-24-10-9-14(13-24)12-21-19(25)16-7-5-15(6-8-16)17-11-18(26-2)23-20(22-17)27-3/h5-8,11,14H,4,9-10,12-13H2,1-3H3,(H,21,25)/t14-/m1/s1. The summed E-state index contributed by atoms with van der Waals surface area (Å²) >= 11 is 0. The molecule has 7 heteroatoms. The smallest absolute Gasteiger partial charge is 0.320 e. The summed E-state index contributed by atoms with van der Waals surface area (Å²) in [4.78, 5) is 23.2. The molecule has 0 radical (unpaired) electrons. The largest absolute Gasteiger partial charge is 0.481 e. The molecule has 1 saturated heterocycles. The minimum atomic E-state index is -0.0469. The minimum Gasteiger partial charge on any atom is -0.481 e. The third kappa shape index (κ3) is 4.74. The van der Waals surface area contributed by atoms with Gasteiger partial charge in [0.15, 0.2) is 0 Å². The predicted octanol–water partition coefficient (Wildman–Crippen LogP) is 2.23. The summed E-state index contributed by atoms with van der Waals surface area (Å²) in [6, 6.07) is 9.31. The summed E-state index contributed by atoms with van der Waals surface area (Å²) in [6.07, 6.45) is 1.14. The lowest BCUT2D eigenvalue weighted by Crippen LogP contribution is -2.30. The van der Waals surface area contributed by atoms with E-state index in [1.165, 1.54) is 7.11 Å². The van der Waals surface area contributed by atoms with Crippen LogP contribution in [0.15, 0.2) is 30.3 Å². The second-order valence-electron chi connectivity index (χ2n) is 6.62. The molecule has 1 atom stereocenters. The van der Waals surface area contributed by atoms with Gasteiger partial charge in [0.25, 0.3) is 5.91 Å². The molecular weight excluding hydrogens is 344 g/mol. The molecule has 2 heterocycles. The van der Waals surface area contributed by atoms with Crippen molar-refractivity contribution in [3.05, 3.63) is 35.9 Å². The van der Waals surface area contributed by atoms with Crippen LogP contribution >= 0.6 is 0 Å². The maximum Gasteiger partial charge on any atom is 0.320 e. The van der Waals surface area contributed by atoms with Crippen LogP contribution in [0.4, 0.5) is 0 Å². The molecule has 2 aromatic rings. The summed E-state index contributed by atoms with van der Waals surface area (Å²) < 4.78 is 10.3. The van der Waals surface area contributed by atoms with Crippen molar-refractivity contribution in [2.24, 2.45) is 5.92 Å². The minimum absolute atomic E-state index is 0.0469. The summed E-state index contributed by atoms with van der Waals surface area (Å²) in [6.45, 7) is 6.15. The number of hydrogen-bond acceptors (Lipinski definition) is 6. The van der Waals surface area contributed by atoms with Gasteiger partial charge in [0.2, 0.25) is 5.88 Å². The van der Waals surface area contributed by atoms with Gasteiger partial charge in [-0.3, -0.25) is 4.79 Å². The Bertz CT molecular complexity index is 757. The molecule has 0 unspecified atom stereocenters. The highest BCUT2D eigenvalue weighted by atomic mass is 16.5. The first-order valence-corrected chi connectivity index (χ1v) is 9.21.